The van der Waals surface area contributed by atoms with E-state index in [1.807, 2.05) is 31.2 Å². The first-order valence-electron chi connectivity index (χ1n) is 8.99. The monoisotopic (exact) mass is 394 g/mol. The van der Waals surface area contributed by atoms with Crippen LogP contribution in [-0.4, -0.2) is 36.7 Å². The summed E-state index contributed by atoms with van der Waals surface area (Å²) in [6.07, 6.45) is 2.90. The molecule has 0 aliphatic rings. The Morgan fingerprint density at radius 3 is 2.45 bits per heavy atom. The number of carbonyl (C=O) groups excluding carboxylic acids is 1. The third-order valence-electron chi connectivity index (χ3n) is 3.98. The van der Waals surface area contributed by atoms with E-state index in [2.05, 4.69) is 20.6 Å². The van der Waals surface area contributed by atoms with Crippen LogP contribution in [0.4, 0.5) is 17.2 Å². The third-order valence-corrected chi connectivity index (χ3v) is 3.98. The van der Waals surface area contributed by atoms with Crippen LogP contribution >= 0.6 is 0 Å². The molecule has 0 bridgehead atoms. The lowest BCUT2D eigenvalue weighted by Gasteiger charge is -2.12. The van der Waals surface area contributed by atoms with Crippen LogP contribution in [-0.2, 0) is 0 Å². The maximum absolute atomic E-state index is 12.5. The second kappa shape index (κ2) is 9.41. The van der Waals surface area contributed by atoms with Gasteiger partial charge in [-0.25, -0.2) is 9.97 Å². The van der Waals surface area contributed by atoms with Gasteiger partial charge in [0, 0.05) is 11.8 Å². The smallest absolute Gasteiger partial charge is 0.275 e. The van der Waals surface area contributed by atoms with Crippen molar-refractivity contribution in [2.45, 2.75) is 6.92 Å². The average molecular weight is 394 g/mol. The number of nitrogens with zero attached hydrogens (tertiary/aromatic N) is 2. The van der Waals surface area contributed by atoms with Crippen LogP contribution in [0.15, 0.2) is 54.9 Å². The van der Waals surface area contributed by atoms with E-state index in [0.29, 0.717) is 35.4 Å². The maximum atomic E-state index is 12.5. The highest BCUT2D eigenvalue weighted by Crippen LogP contribution is 2.30. The number of ether oxygens (including phenoxy) is 3. The van der Waals surface area contributed by atoms with E-state index in [9.17, 15) is 4.79 Å². The number of aromatic nitrogens is 2. The Kier molecular flexibility index (Phi) is 6.47. The van der Waals surface area contributed by atoms with E-state index in [1.165, 1.54) is 19.5 Å². The van der Waals surface area contributed by atoms with Gasteiger partial charge in [-0.1, -0.05) is 12.1 Å². The summed E-state index contributed by atoms with van der Waals surface area (Å²) in [5.41, 5.74) is 1.51. The first-order valence-corrected chi connectivity index (χ1v) is 8.99. The third kappa shape index (κ3) is 4.92. The fourth-order valence-electron chi connectivity index (χ4n) is 2.61. The number of amides is 1. The van der Waals surface area contributed by atoms with Crippen molar-refractivity contribution < 1.29 is 19.0 Å². The minimum atomic E-state index is -0.383. The summed E-state index contributed by atoms with van der Waals surface area (Å²) in [6.45, 7) is 2.47. The van der Waals surface area contributed by atoms with Crippen LogP contribution in [0.1, 0.15) is 17.4 Å². The van der Waals surface area contributed by atoms with Crippen molar-refractivity contribution in [3.05, 3.63) is 60.6 Å². The molecule has 8 nitrogen and oxygen atoms in total. The second-order valence-corrected chi connectivity index (χ2v) is 5.86. The van der Waals surface area contributed by atoms with Crippen molar-refractivity contribution in [2.24, 2.45) is 0 Å². The fourth-order valence-corrected chi connectivity index (χ4v) is 2.61. The SMILES string of the molecule is CCOc1ccccc1Nc1cnc(C(=O)Nc2ccc(OC)c(OC)c2)cn1. The highest BCUT2D eigenvalue weighted by Gasteiger charge is 2.12. The van der Waals surface area contributed by atoms with Crippen molar-refractivity contribution in [2.75, 3.05) is 31.5 Å². The first kappa shape index (κ1) is 19.9. The van der Waals surface area contributed by atoms with Crippen LogP contribution in [0, 0.1) is 0 Å². The Bertz CT molecular complexity index is 977. The average Bonchev–Trinajstić information content (AvgIpc) is 2.75. The molecule has 150 valence electrons. The number of hydrogen-bond acceptors (Lipinski definition) is 7. The second-order valence-electron chi connectivity index (χ2n) is 5.86. The van der Waals surface area contributed by atoms with Crippen molar-refractivity contribution in [1.82, 2.24) is 9.97 Å². The van der Waals surface area contributed by atoms with Gasteiger partial charge in [-0.15, -0.1) is 0 Å². The van der Waals surface area contributed by atoms with Gasteiger partial charge in [0.05, 0.1) is 38.9 Å². The van der Waals surface area contributed by atoms with Gasteiger partial charge in [-0.2, -0.15) is 0 Å². The zero-order chi connectivity index (χ0) is 20.6. The number of para-hydroxylation sites is 2. The van der Waals surface area contributed by atoms with E-state index in [4.69, 9.17) is 14.2 Å². The number of methoxy groups -OCH3 is 2. The van der Waals surface area contributed by atoms with Crippen molar-refractivity contribution in [1.29, 1.82) is 0 Å². The van der Waals surface area contributed by atoms with Gasteiger partial charge in [-0.05, 0) is 31.2 Å². The molecule has 0 atom stereocenters. The minimum Gasteiger partial charge on any atom is -0.493 e. The normalized spacial score (nSPS) is 10.2. The number of carbonyl (C=O) groups is 1. The predicted molar refractivity (Wildman–Crippen MR) is 110 cm³/mol. The summed E-state index contributed by atoms with van der Waals surface area (Å²) in [7, 11) is 3.08. The molecule has 0 unspecified atom stereocenters. The maximum Gasteiger partial charge on any atom is 0.275 e. The Hall–Kier alpha value is -3.81. The van der Waals surface area contributed by atoms with Crippen LogP contribution in [0.5, 0.6) is 17.2 Å². The highest BCUT2D eigenvalue weighted by molar-refractivity contribution is 6.02. The number of rotatable bonds is 8. The molecule has 0 spiro atoms. The lowest BCUT2D eigenvalue weighted by atomic mass is 10.2. The van der Waals surface area contributed by atoms with E-state index in [0.717, 1.165) is 5.69 Å². The highest BCUT2D eigenvalue weighted by atomic mass is 16.5. The molecular weight excluding hydrogens is 372 g/mol. The molecule has 2 N–H and O–H groups in total. The molecule has 0 radical (unpaired) electrons. The number of benzene rings is 2. The molecule has 3 aromatic rings. The quantitative estimate of drug-likeness (QED) is 0.598. The van der Waals surface area contributed by atoms with Gasteiger partial charge in [-0.3, -0.25) is 4.79 Å². The van der Waals surface area contributed by atoms with Crippen LogP contribution in [0.25, 0.3) is 0 Å². The summed E-state index contributed by atoms with van der Waals surface area (Å²) >= 11 is 0. The lowest BCUT2D eigenvalue weighted by molar-refractivity contribution is 0.102. The van der Waals surface area contributed by atoms with Gasteiger partial charge in [0.15, 0.2) is 11.5 Å². The van der Waals surface area contributed by atoms with Crippen molar-refractivity contribution >= 4 is 23.1 Å². The van der Waals surface area contributed by atoms with Crippen LogP contribution in [0.3, 0.4) is 0 Å². The van der Waals surface area contributed by atoms with Gasteiger partial charge in [0.25, 0.3) is 5.91 Å². The van der Waals surface area contributed by atoms with Gasteiger partial charge >= 0.3 is 0 Å². The zero-order valence-electron chi connectivity index (χ0n) is 16.4. The molecule has 1 heterocycles. The van der Waals surface area contributed by atoms with Gasteiger partial charge < -0.3 is 24.8 Å². The molecule has 0 aliphatic carbocycles. The molecule has 1 amide bonds. The minimum absolute atomic E-state index is 0.184. The van der Waals surface area contributed by atoms with Crippen molar-refractivity contribution in [3.63, 3.8) is 0 Å². The van der Waals surface area contributed by atoms with Crippen LogP contribution in [0.2, 0.25) is 0 Å². The molecule has 0 saturated carbocycles. The topological polar surface area (TPSA) is 94.6 Å². The van der Waals surface area contributed by atoms with E-state index in [-0.39, 0.29) is 11.6 Å². The number of anilines is 3. The molecule has 3 rings (SSSR count). The molecule has 0 aliphatic heterocycles. The van der Waals surface area contributed by atoms with E-state index in [1.54, 1.807) is 25.3 Å². The fraction of sp³-hybridized carbons (Fsp3) is 0.190. The molecule has 29 heavy (non-hydrogen) atoms. The largest absolute Gasteiger partial charge is 0.493 e. The molecule has 0 saturated heterocycles. The number of hydrogen-bond donors (Lipinski definition) is 2. The summed E-state index contributed by atoms with van der Waals surface area (Å²) in [6, 6.07) is 12.6. The van der Waals surface area contributed by atoms with E-state index < -0.39 is 0 Å². The van der Waals surface area contributed by atoms with Gasteiger partial charge in [0.2, 0.25) is 0 Å². The van der Waals surface area contributed by atoms with Crippen LogP contribution < -0.4 is 24.8 Å². The Morgan fingerprint density at radius 1 is 0.966 bits per heavy atom. The Labute approximate surface area is 168 Å². The number of nitrogens with one attached hydrogen (secondary N) is 2. The molecule has 2 aromatic carbocycles. The summed E-state index contributed by atoms with van der Waals surface area (Å²) < 4.78 is 16.0. The molecular formula is C21H22N4O4. The van der Waals surface area contributed by atoms with Gasteiger partial charge in [0.1, 0.15) is 17.3 Å². The van der Waals surface area contributed by atoms with Crippen molar-refractivity contribution in [3.8, 4) is 17.2 Å². The standard InChI is InChI=1S/C21H22N4O4/c1-4-29-17-8-6-5-7-15(17)25-20-13-22-16(12-23-20)21(26)24-14-9-10-18(27-2)19(11-14)28-3/h5-13H,4H2,1-3H3,(H,23,25)(H,24,26). The van der Waals surface area contributed by atoms with E-state index >= 15 is 0 Å². The summed E-state index contributed by atoms with van der Waals surface area (Å²) in [4.78, 5) is 20.9. The Balaban J connectivity index is 1.69. The molecule has 0 fully saturated rings. The molecule has 8 heteroatoms. The lowest BCUT2D eigenvalue weighted by Crippen LogP contribution is -2.14. The molecule has 1 aromatic heterocycles. The summed E-state index contributed by atoms with van der Waals surface area (Å²) in [5, 5.41) is 5.90. The predicted octanol–water partition coefficient (Wildman–Crippen LogP) is 3.89. The zero-order valence-corrected chi connectivity index (χ0v) is 16.4. The first-order chi connectivity index (χ1) is 14.1. The summed E-state index contributed by atoms with van der Waals surface area (Å²) in [5.74, 6) is 1.93. The Morgan fingerprint density at radius 2 is 1.76 bits per heavy atom.